The molecule has 0 saturated carbocycles. The molecule has 16 heavy (non-hydrogen) atoms. The number of hydrogen-bond acceptors (Lipinski definition) is 6. The van der Waals surface area contributed by atoms with E-state index in [0.29, 0.717) is 6.61 Å². The first-order valence-corrected chi connectivity index (χ1v) is 4.98. The molecule has 0 unspecified atom stereocenters. The van der Waals surface area contributed by atoms with Crippen LogP contribution in [0.15, 0.2) is 22.3 Å². The van der Waals surface area contributed by atoms with Gasteiger partial charge < -0.3 is 20.5 Å². The fraction of sp³-hybridized carbons (Fsp3) is 0.500. The van der Waals surface area contributed by atoms with Gasteiger partial charge in [-0.1, -0.05) is 0 Å². The average molecular weight is 225 g/mol. The van der Waals surface area contributed by atoms with Crippen LogP contribution in [-0.4, -0.2) is 24.6 Å². The molecule has 0 amide bonds. The summed E-state index contributed by atoms with van der Waals surface area (Å²) in [6.45, 7) is 5.87. The summed E-state index contributed by atoms with van der Waals surface area (Å²) in [7, 11) is 0. The van der Waals surface area contributed by atoms with E-state index in [1.165, 1.54) is 0 Å². The summed E-state index contributed by atoms with van der Waals surface area (Å²) in [6, 6.07) is 0. The van der Waals surface area contributed by atoms with Crippen LogP contribution in [0.2, 0.25) is 0 Å². The molecular weight excluding hydrogens is 210 g/mol. The van der Waals surface area contributed by atoms with Crippen molar-refractivity contribution < 1.29 is 14.3 Å². The Hall–Kier alpha value is -1.94. The van der Waals surface area contributed by atoms with Crippen LogP contribution < -0.4 is 11.1 Å². The van der Waals surface area contributed by atoms with Gasteiger partial charge in [-0.25, -0.2) is 4.79 Å². The number of rotatable bonds is 4. The number of carbonyl (C=O) groups excluding carboxylic acids is 1. The summed E-state index contributed by atoms with van der Waals surface area (Å²) < 4.78 is 10.7. The number of aliphatic imine (C=N–C) groups is 1. The van der Waals surface area contributed by atoms with E-state index in [0.717, 1.165) is 0 Å². The Labute approximate surface area is 93.8 Å². The van der Waals surface area contributed by atoms with E-state index in [1.807, 2.05) is 13.8 Å². The number of guanidine groups is 1. The van der Waals surface area contributed by atoms with E-state index in [2.05, 4.69) is 10.3 Å². The average Bonchev–Trinajstić information content (AvgIpc) is 2.20. The van der Waals surface area contributed by atoms with Crippen LogP contribution in [0.1, 0.15) is 20.8 Å². The van der Waals surface area contributed by atoms with Crippen LogP contribution in [0.3, 0.4) is 0 Å². The first-order chi connectivity index (χ1) is 7.58. The van der Waals surface area contributed by atoms with E-state index in [4.69, 9.17) is 15.2 Å². The summed E-state index contributed by atoms with van der Waals surface area (Å²) in [4.78, 5) is 14.7. The summed E-state index contributed by atoms with van der Waals surface area (Å²) in [6.07, 6.45) is -0.0898. The lowest BCUT2D eigenvalue weighted by Gasteiger charge is -2.20. The zero-order valence-electron chi connectivity index (χ0n) is 9.53. The quantitative estimate of drug-likeness (QED) is 0.670. The molecule has 0 saturated heterocycles. The highest BCUT2D eigenvalue weighted by molar-refractivity contribution is 5.85. The highest BCUT2D eigenvalue weighted by Crippen LogP contribution is 2.19. The van der Waals surface area contributed by atoms with Crippen LogP contribution in [0.25, 0.3) is 0 Å². The van der Waals surface area contributed by atoms with Crippen LogP contribution in [0, 0.1) is 0 Å². The van der Waals surface area contributed by atoms with Gasteiger partial charge in [-0.15, -0.1) is 0 Å². The molecule has 6 heteroatoms. The summed E-state index contributed by atoms with van der Waals surface area (Å²) in [5, 5.41) is 2.56. The van der Waals surface area contributed by atoms with Gasteiger partial charge in [0.15, 0.2) is 11.6 Å². The molecule has 6 nitrogen and oxygen atoms in total. The zero-order chi connectivity index (χ0) is 12.1. The molecule has 1 aliphatic rings. The Kier molecular flexibility index (Phi) is 3.96. The van der Waals surface area contributed by atoms with E-state index < -0.39 is 0 Å². The standard InChI is InChI=1S/C10H15N3O3/c1-4-15-8-7(5-14)12-10(11)13-9(8)16-6(2)3/h6H,4H2,1-3H3,(H3,11,12,13). The Morgan fingerprint density at radius 3 is 2.75 bits per heavy atom. The van der Waals surface area contributed by atoms with Gasteiger partial charge in [0.05, 0.1) is 12.7 Å². The summed E-state index contributed by atoms with van der Waals surface area (Å²) in [5.74, 6) is 2.22. The van der Waals surface area contributed by atoms with Crippen molar-refractivity contribution in [1.29, 1.82) is 0 Å². The molecule has 3 N–H and O–H groups in total. The van der Waals surface area contributed by atoms with Crippen molar-refractivity contribution in [2.45, 2.75) is 26.9 Å². The van der Waals surface area contributed by atoms with E-state index in [9.17, 15) is 4.79 Å². The molecule has 1 rings (SSSR count). The van der Waals surface area contributed by atoms with Gasteiger partial charge in [-0.05, 0) is 20.8 Å². The summed E-state index contributed by atoms with van der Waals surface area (Å²) >= 11 is 0. The van der Waals surface area contributed by atoms with E-state index in [-0.39, 0.29) is 29.4 Å². The highest BCUT2D eigenvalue weighted by Gasteiger charge is 2.22. The van der Waals surface area contributed by atoms with Crippen molar-refractivity contribution in [2.75, 3.05) is 6.61 Å². The van der Waals surface area contributed by atoms with Crippen molar-refractivity contribution in [2.24, 2.45) is 10.7 Å². The minimum absolute atomic E-state index is 0.0810. The predicted molar refractivity (Wildman–Crippen MR) is 58.8 cm³/mol. The molecule has 88 valence electrons. The maximum absolute atomic E-state index is 10.7. The Morgan fingerprint density at radius 2 is 2.25 bits per heavy atom. The summed E-state index contributed by atoms with van der Waals surface area (Å²) in [5.41, 5.74) is 5.60. The number of hydrogen-bond donors (Lipinski definition) is 2. The molecule has 0 radical (unpaired) electrons. The molecule has 0 spiro atoms. The van der Waals surface area contributed by atoms with Gasteiger partial charge in [0.2, 0.25) is 11.7 Å². The van der Waals surface area contributed by atoms with Gasteiger partial charge in [-0.2, -0.15) is 4.99 Å². The molecule has 0 aromatic heterocycles. The molecular formula is C10H15N3O3. The fourth-order valence-corrected chi connectivity index (χ4v) is 1.13. The lowest BCUT2D eigenvalue weighted by Crippen LogP contribution is -2.36. The SMILES string of the molecule is CCOC1=C(OC(C)C)N=C(N)NC1=C=O. The van der Waals surface area contributed by atoms with Crippen molar-refractivity contribution in [3.8, 4) is 0 Å². The minimum atomic E-state index is -0.0898. The van der Waals surface area contributed by atoms with Crippen LogP contribution >= 0.6 is 0 Å². The Balaban J connectivity index is 3.12. The molecule has 0 bridgehead atoms. The van der Waals surface area contributed by atoms with Crippen LogP contribution in [0.4, 0.5) is 0 Å². The second-order valence-corrected chi connectivity index (χ2v) is 3.33. The second kappa shape index (κ2) is 5.23. The fourth-order valence-electron chi connectivity index (χ4n) is 1.13. The van der Waals surface area contributed by atoms with Gasteiger partial charge in [0.25, 0.3) is 5.88 Å². The number of nitrogens with two attached hydrogens (primary N) is 1. The first kappa shape index (κ1) is 12.1. The van der Waals surface area contributed by atoms with Gasteiger partial charge in [-0.3, -0.25) is 0 Å². The van der Waals surface area contributed by atoms with Gasteiger partial charge >= 0.3 is 0 Å². The maximum Gasteiger partial charge on any atom is 0.263 e. The topological polar surface area (TPSA) is 85.9 Å². The Bertz CT molecular complexity index is 379. The Morgan fingerprint density at radius 1 is 1.56 bits per heavy atom. The smallest absolute Gasteiger partial charge is 0.263 e. The van der Waals surface area contributed by atoms with Gasteiger partial charge in [0, 0.05) is 0 Å². The maximum atomic E-state index is 10.7. The first-order valence-electron chi connectivity index (χ1n) is 4.98. The third-order valence-corrected chi connectivity index (χ3v) is 1.63. The van der Waals surface area contributed by atoms with Crippen molar-refractivity contribution in [3.63, 3.8) is 0 Å². The second-order valence-electron chi connectivity index (χ2n) is 3.33. The molecule has 1 heterocycles. The van der Waals surface area contributed by atoms with Crippen LogP contribution in [-0.2, 0) is 14.3 Å². The molecule has 0 fully saturated rings. The number of nitrogens with zero attached hydrogens (tertiary/aromatic N) is 1. The lowest BCUT2D eigenvalue weighted by atomic mass is 10.3. The van der Waals surface area contributed by atoms with Crippen LogP contribution in [0.5, 0.6) is 0 Å². The van der Waals surface area contributed by atoms with Crippen molar-refractivity contribution >= 4 is 11.9 Å². The normalized spacial score (nSPS) is 15.5. The number of nitrogens with one attached hydrogen (secondary N) is 1. The van der Waals surface area contributed by atoms with E-state index in [1.54, 1.807) is 12.9 Å². The van der Waals surface area contributed by atoms with E-state index >= 15 is 0 Å². The van der Waals surface area contributed by atoms with Crippen molar-refractivity contribution in [1.82, 2.24) is 5.32 Å². The third-order valence-electron chi connectivity index (χ3n) is 1.63. The predicted octanol–water partition coefficient (Wildman–Crippen LogP) is 0.250. The largest absolute Gasteiger partial charge is 0.486 e. The zero-order valence-corrected chi connectivity index (χ0v) is 9.53. The van der Waals surface area contributed by atoms with Gasteiger partial charge in [0.1, 0.15) is 0 Å². The molecule has 0 atom stereocenters. The molecule has 0 aromatic carbocycles. The minimum Gasteiger partial charge on any atom is -0.486 e. The monoisotopic (exact) mass is 225 g/mol. The highest BCUT2D eigenvalue weighted by atomic mass is 16.5. The van der Waals surface area contributed by atoms with Crippen molar-refractivity contribution in [3.05, 3.63) is 17.3 Å². The lowest BCUT2D eigenvalue weighted by molar-refractivity contribution is 0.117. The molecule has 0 aromatic rings. The third kappa shape index (κ3) is 2.77. The number of ether oxygens (including phenoxy) is 2. The molecule has 1 aliphatic heterocycles. The molecule has 0 aliphatic carbocycles.